The van der Waals surface area contributed by atoms with Gasteiger partial charge in [0.05, 0.1) is 16.3 Å². The van der Waals surface area contributed by atoms with E-state index in [1.165, 1.54) is 6.07 Å². The lowest BCUT2D eigenvalue weighted by Crippen LogP contribution is -2.16. The van der Waals surface area contributed by atoms with Crippen molar-refractivity contribution in [3.8, 4) is 0 Å². The molecule has 2 aromatic heterocycles. The first-order valence-electron chi connectivity index (χ1n) is 7.17. The van der Waals surface area contributed by atoms with Crippen LogP contribution in [-0.2, 0) is 0 Å². The zero-order valence-electron chi connectivity index (χ0n) is 12.5. The molecular weight excluding hydrogens is 372 g/mol. The van der Waals surface area contributed by atoms with Crippen molar-refractivity contribution < 1.29 is 4.92 Å². The second kappa shape index (κ2) is 7.18. The Bertz CT molecular complexity index is 804. The highest BCUT2D eigenvalue weighted by Crippen LogP contribution is 2.32. The summed E-state index contributed by atoms with van der Waals surface area (Å²) in [6, 6.07) is 15.5. The first-order valence-corrected chi connectivity index (χ1v) is 7.97. The number of pyridine rings is 2. The maximum Gasteiger partial charge on any atom is 0.292 e. The van der Waals surface area contributed by atoms with Crippen LogP contribution >= 0.6 is 15.9 Å². The van der Waals surface area contributed by atoms with Gasteiger partial charge in [-0.05, 0) is 36.4 Å². The van der Waals surface area contributed by atoms with Crippen molar-refractivity contribution >= 4 is 27.3 Å². The minimum Gasteiger partial charge on any atom is -0.366 e. The van der Waals surface area contributed by atoms with Crippen molar-refractivity contribution in [2.24, 2.45) is 0 Å². The van der Waals surface area contributed by atoms with Crippen molar-refractivity contribution in [1.82, 2.24) is 9.97 Å². The fourth-order valence-electron chi connectivity index (χ4n) is 2.33. The average Bonchev–Trinajstić information content (AvgIpc) is 2.61. The molecule has 6 nitrogen and oxygen atoms in total. The molecule has 1 N–H and O–H groups in total. The third kappa shape index (κ3) is 3.57. The average molecular weight is 385 g/mol. The maximum absolute atomic E-state index is 11.3. The van der Waals surface area contributed by atoms with Gasteiger partial charge in [0.2, 0.25) is 0 Å². The smallest absolute Gasteiger partial charge is 0.292 e. The molecule has 0 aliphatic heterocycles. The molecule has 0 unspecified atom stereocenters. The summed E-state index contributed by atoms with van der Waals surface area (Å²) < 4.78 is 0.747. The molecule has 0 amide bonds. The van der Waals surface area contributed by atoms with Crippen LogP contribution in [0.2, 0.25) is 0 Å². The molecule has 0 atom stereocenters. The molecule has 0 spiro atoms. The largest absolute Gasteiger partial charge is 0.366 e. The number of nitro groups is 1. The van der Waals surface area contributed by atoms with Gasteiger partial charge >= 0.3 is 0 Å². The van der Waals surface area contributed by atoms with E-state index < -0.39 is 11.0 Å². The normalized spacial score (nSPS) is 10.6. The predicted molar refractivity (Wildman–Crippen MR) is 94.7 cm³/mol. The first-order chi connectivity index (χ1) is 11.6. The molecule has 0 bridgehead atoms. The Morgan fingerprint density at radius 1 is 1.00 bits per heavy atom. The third-order valence-electron chi connectivity index (χ3n) is 3.42. The summed E-state index contributed by atoms with van der Waals surface area (Å²) in [6.45, 7) is 0. The summed E-state index contributed by atoms with van der Waals surface area (Å²) in [6.07, 6.45) is 3.37. The first kappa shape index (κ1) is 16.1. The topological polar surface area (TPSA) is 81.0 Å². The summed E-state index contributed by atoms with van der Waals surface area (Å²) >= 11 is 3.35. The van der Waals surface area contributed by atoms with E-state index in [1.54, 1.807) is 24.5 Å². The van der Waals surface area contributed by atoms with Gasteiger partial charge in [-0.3, -0.25) is 20.1 Å². The molecule has 3 rings (SSSR count). The van der Waals surface area contributed by atoms with E-state index in [0.717, 1.165) is 15.9 Å². The lowest BCUT2D eigenvalue weighted by Gasteiger charge is -2.19. The fourth-order valence-corrected chi connectivity index (χ4v) is 2.69. The van der Waals surface area contributed by atoms with Crippen LogP contribution in [0, 0.1) is 10.1 Å². The van der Waals surface area contributed by atoms with Gasteiger partial charge in [0.1, 0.15) is 11.7 Å². The Balaban J connectivity index is 2.05. The number of halogens is 1. The monoisotopic (exact) mass is 384 g/mol. The zero-order chi connectivity index (χ0) is 16.9. The Hall–Kier alpha value is -2.80. The van der Waals surface area contributed by atoms with Crippen molar-refractivity contribution in [2.75, 3.05) is 5.32 Å². The van der Waals surface area contributed by atoms with Crippen molar-refractivity contribution in [1.29, 1.82) is 0 Å². The van der Waals surface area contributed by atoms with Gasteiger partial charge in [-0.1, -0.05) is 28.1 Å². The van der Waals surface area contributed by atoms with Crippen LogP contribution in [0.1, 0.15) is 17.4 Å². The standard InChI is InChI=1S/C17H13BrN4O2/c18-12-7-8-16(22(23)24)15(11-12)21-17(13-5-1-3-9-19-13)14-6-2-4-10-20-14/h1-11,17,21H. The van der Waals surface area contributed by atoms with E-state index in [1.807, 2.05) is 36.4 Å². The van der Waals surface area contributed by atoms with Gasteiger partial charge < -0.3 is 5.32 Å². The second-order valence-corrected chi connectivity index (χ2v) is 5.92. The van der Waals surface area contributed by atoms with E-state index in [2.05, 4.69) is 31.2 Å². The SMILES string of the molecule is O=[N+]([O-])c1ccc(Br)cc1NC(c1ccccn1)c1ccccn1. The molecule has 0 saturated carbocycles. The number of nitrogens with one attached hydrogen (secondary N) is 1. The summed E-state index contributed by atoms with van der Waals surface area (Å²) in [4.78, 5) is 19.6. The molecule has 0 fully saturated rings. The number of anilines is 1. The van der Waals surface area contributed by atoms with Gasteiger partial charge in [-0.15, -0.1) is 0 Å². The van der Waals surface area contributed by atoms with Crippen LogP contribution in [0.25, 0.3) is 0 Å². The minimum absolute atomic E-state index is 0.00457. The number of hydrogen-bond donors (Lipinski definition) is 1. The summed E-state index contributed by atoms with van der Waals surface area (Å²) in [7, 11) is 0. The molecule has 0 saturated heterocycles. The molecule has 2 heterocycles. The van der Waals surface area contributed by atoms with Crippen molar-refractivity contribution in [2.45, 2.75) is 6.04 Å². The van der Waals surface area contributed by atoms with Gasteiger partial charge in [-0.25, -0.2) is 0 Å². The number of nitrogens with zero attached hydrogens (tertiary/aromatic N) is 3. The Morgan fingerprint density at radius 2 is 1.62 bits per heavy atom. The van der Waals surface area contributed by atoms with Gasteiger partial charge in [0.15, 0.2) is 0 Å². The van der Waals surface area contributed by atoms with E-state index in [9.17, 15) is 10.1 Å². The van der Waals surface area contributed by atoms with E-state index in [4.69, 9.17) is 0 Å². The molecule has 0 aliphatic carbocycles. The lowest BCUT2D eigenvalue weighted by molar-refractivity contribution is -0.384. The number of rotatable bonds is 5. The molecule has 0 aliphatic rings. The number of hydrogen-bond acceptors (Lipinski definition) is 5. The zero-order valence-corrected chi connectivity index (χ0v) is 14.1. The van der Waals surface area contributed by atoms with Crippen molar-refractivity contribution in [3.05, 3.63) is 93.0 Å². The maximum atomic E-state index is 11.3. The van der Waals surface area contributed by atoms with Crippen LogP contribution in [0.3, 0.4) is 0 Å². The molecule has 7 heteroatoms. The van der Waals surface area contributed by atoms with Crippen LogP contribution in [0.5, 0.6) is 0 Å². The third-order valence-corrected chi connectivity index (χ3v) is 3.92. The van der Waals surface area contributed by atoms with E-state index >= 15 is 0 Å². The predicted octanol–water partition coefficient (Wildman–Crippen LogP) is 4.35. The van der Waals surface area contributed by atoms with Crippen LogP contribution in [0.4, 0.5) is 11.4 Å². The quantitative estimate of drug-likeness (QED) is 0.522. The molecule has 120 valence electrons. The highest BCUT2D eigenvalue weighted by molar-refractivity contribution is 9.10. The highest BCUT2D eigenvalue weighted by Gasteiger charge is 2.21. The fraction of sp³-hybridized carbons (Fsp3) is 0.0588. The molecular formula is C17H13BrN4O2. The Labute approximate surface area is 146 Å². The van der Waals surface area contributed by atoms with E-state index in [-0.39, 0.29) is 5.69 Å². The number of nitro benzene ring substituents is 1. The Kier molecular flexibility index (Phi) is 4.81. The summed E-state index contributed by atoms with van der Waals surface area (Å²) in [5, 5.41) is 14.5. The number of benzene rings is 1. The number of aromatic nitrogens is 2. The van der Waals surface area contributed by atoms with Crippen molar-refractivity contribution in [3.63, 3.8) is 0 Å². The van der Waals surface area contributed by atoms with Crippen LogP contribution in [-0.4, -0.2) is 14.9 Å². The highest BCUT2D eigenvalue weighted by atomic mass is 79.9. The van der Waals surface area contributed by atoms with Gasteiger partial charge in [-0.2, -0.15) is 0 Å². The van der Waals surface area contributed by atoms with Crippen LogP contribution < -0.4 is 5.32 Å². The second-order valence-electron chi connectivity index (χ2n) is 5.01. The summed E-state index contributed by atoms with van der Waals surface area (Å²) in [5.74, 6) is 0. The molecule has 3 aromatic rings. The van der Waals surface area contributed by atoms with Gasteiger partial charge in [0, 0.05) is 22.9 Å². The summed E-state index contributed by atoms with van der Waals surface area (Å²) in [5.41, 5.74) is 1.85. The molecule has 1 aromatic carbocycles. The van der Waals surface area contributed by atoms with Gasteiger partial charge in [0.25, 0.3) is 5.69 Å². The van der Waals surface area contributed by atoms with Crippen LogP contribution in [0.15, 0.2) is 71.5 Å². The Morgan fingerprint density at radius 3 is 2.12 bits per heavy atom. The molecule has 0 radical (unpaired) electrons. The van der Waals surface area contributed by atoms with E-state index in [0.29, 0.717) is 5.69 Å². The molecule has 24 heavy (non-hydrogen) atoms. The lowest BCUT2D eigenvalue weighted by atomic mass is 10.1. The minimum atomic E-state index is -0.414.